The largest absolute Gasteiger partial charge is 0.324 e. The van der Waals surface area contributed by atoms with E-state index in [2.05, 4.69) is 26.1 Å². The first kappa shape index (κ1) is 14.5. The van der Waals surface area contributed by atoms with Crippen LogP contribution in [-0.2, 0) is 4.79 Å². The molecular weight excluding hydrogens is 304 g/mol. The number of hydrogen-bond donors (Lipinski definition) is 1. The Hall–Kier alpha value is -0.870. The average Bonchev–Trinajstić information content (AvgIpc) is 2.86. The van der Waals surface area contributed by atoms with Crippen molar-refractivity contribution in [3.63, 3.8) is 0 Å². The smallest absolute Gasteiger partial charge is 0.238 e. The number of nitrogens with one attached hydrogen (secondary N) is 1. The Balaban J connectivity index is 1.89. The SMILES string of the molecule is Cc1ccc(NC(=O)CN(C)C2CCCC2)c(Br)c1. The summed E-state index contributed by atoms with van der Waals surface area (Å²) < 4.78 is 0.935. The Kier molecular flexibility index (Phi) is 4.99. The standard InChI is InChI=1S/C15H21BrN2O/c1-11-7-8-14(13(16)9-11)17-15(19)10-18(2)12-5-3-4-6-12/h7-9,12H,3-6,10H2,1-2H3,(H,17,19). The molecule has 0 atom stereocenters. The molecular formula is C15H21BrN2O. The van der Waals surface area contributed by atoms with Crippen molar-refractivity contribution in [2.45, 2.75) is 38.6 Å². The van der Waals surface area contributed by atoms with Crippen LogP contribution in [0.25, 0.3) is 0 Å². The van der Waals surface area contributed by atoms with Gasteiger partial charge in [0.15, 0.2) is 0 Å². The van der Waals surface area contributed by atoms with Crippen LogP contribution in [0.1, 0.15) is 31.2 Å². The molecule has 0 radical (unpaired) electrons. The van der Waals surface area contributed by atoms with E-state index in [1.165, 1.54) is 31.2 Å². The maximum atomic E-state index is 12.0. The molecule has 1 amide bonds. The monoisotopic (exact) mass is 324 g/mol. The zero-order valence-corrected chi connectivity index (χ0v) is 13.2. The van der Waals surface area contributed by atoms with Crippen molar-refractivity contribution in [1.82, 2.24) is 4.90 Å². The molecule has 4 heteroatoms. The van der Waals surface area contributed by atoms with E-state index in [0.29, 0.717) is 12.6 Å². The first-order chi connectivity index (χ1) is 9.06. The number of hydrogen-bond acceptors (Lipinski definition) is 2. The number of likely N-dealkylation sites (N-methyl/N-ethyl adjacent to an activating group) is 1. The first-order valence-corrected chi connectivity index (χ1v) is 7.62. The van der Waals surface area contributed by atoms with Crippen LogP contribution < -0.4 is 5.32 Å². The van der Waals surface area contributed by atoms with Gasteiger partial charge in [0, 0.05) is 10.5 Å². The van der Waals surface area contributed by atoms with Gasteiger partial charge in [0.2, 0.25) is 5.91 Å². The quantitative estimate of drug-likeness (QED) is 0.918. The minimum absolute atomic E-state index is 0.0546. The van der Waals surface area contributed by atoms with Crippen molar-refractivity contribution in [2.24, 2.45) is 0 Å². The van der Waals surface area contributed by atoms with Gasteiger partial charge < -0.3 is 5.32 Å². The summed E-state index contributed by atoms with van der Waals surface area (Å²) >= 11 is 3.48. The molecule has 0 unspecified atom stereocenters. The summed E-state index contributed by atoms with van der Waals surface area (Å²) in [4.78, 5) is 14.2. The van der Waals surface area contributed by atoms with Crippen LogP contribution >= 0.6 is 15.9 Å². The molecule has 0 spiro atoms. The van der Waals surface area contributed by atoms with E-state index in [1.54, 1.807) is 0 Å². The molecule has 1 aliphatic carbocycles. The fourth-order valence-electron chi connectivity index (χ4n) is 2.61. The van der Waals surface area contributed by atoms with Crippen LogP contribution in [0.5, 0.6) is 0 Å². The molecule has 1 aromatic rings. The molecule has 1 saturated carbocycles. The van der Waals surface area contributed by atoms with Crippen molar-refractivity contribution in [3.8, 4) is 0 Å². The summed E-state index contributed by atoms with van der Waals surface area (Å²) in [5.41, 5.74) is 2.02. The minimum atomic E-state index is 0.0546. The molecule has 0 aromatic heterocycles. The number of anilines is 1. The number of nitrogens with zero attached hydrogens (tertiary/aromatic N) is 1. The summed E-state index contributed by atoms with van der Waals surface area (Å²) in [6.45, 7) is 2.50. The number of amides is 1. The average molecular weight is 325 g/mol. The molecule has 1 N–H and O–H groups in total. The Labute approximate surface area is 123 Å². The van der Waals surface area contributed by atoms with Gasteiger partial charge in [-0.1, -0.05) is 18.9 Å². The predicted molar refractivity (Wildman–Crippen MR) is 82.4 cm³/mol. The van der Waals surface area contributed by atoms with Crippen LogP contribution in [0.15, 0.2) is 22.7 Å². The molecule has 19 heavy (non-hydrogen) atoms. The molecule has 1 aromatic carbocycles. The maximum absolute atomic E-state index is 12.0. The van der Waals surface area contributed by atoms with Crippen molar-refractivity contribution >= 4 is 27.5 Å². The van der Waals surface area contributed by atoms with Gasteiger partial charge in [-0.05, 0) is 60.4 Å². The number of halogens is 1. The zero-order valence-electron chi connectivity index (χ0n) is 11.6. The van der Waals surface area contributed by atoms with E-state index in [9.17, 15) is 4.79 Å². The lowest BCUT2D eigenvalue weighted by atomic mass is 10.2. The van der Waals surface area contributed by atoms with Crippen molar-refractivity contribution < 1.29 is 4.79 Å². The van der Waals surface area contributed by atoms with Gasteiger partial charge in [0.1, 0.15) is 0 Å². The van der Waals surface area contributed by atoms with E-state index in [1.807, 2.05) is 32.2 Å². The van der Waals surface area contributed by atoms with Gasteiger partial charge in [-0.2, -0.15) is 0 Å². The Morgan fingerprint density at radius 3 is 2.74 bits per heavy atom. The number of carbonyl (C=O) groups is 1. The Morgan fingerprint density at radius 2 is 2.11 bits per heavy atom. The highest BCUT2D eigenvalue weighted by molar-refractivity contribution is 9.10. The van der Waals surface area contributed by atoms with Crippen molar-refractivity contribution in [3.05, 3.63) is 28.2 Å². The van der Waals surface area contributed by atoms with Gasteiger partial charge in [0.05, 0.1) is 12.2 Å². The van der Waals surface area contributed by atoms with E-state index < -0.39 is 0 Å². The molecule has 0 bridgehead atoms. The van der Waals surface area contributed by atoms with Crippen LogP contribution in [0.3, 0.4) is 0 Å². The first-order valence-electron chi connectivity index (χ1n) is 6.82. The molecule has 0 heterocycles. The van der Waals surface area contributed by atoms with Crippen LogP contribution in [0.2, 0.25) is 0 Å². The summed E-state index contributed by atoms with van der Waals surface area (Å²) in [6.07, 6.45) is 5.02. The molecule has 1 aliphatic rings. The lowest BCUT2D eigenvalue weighted by Crippen LogP contribution is -2.36. The summed E-state index contributed by atoms with van der Waals surface area (Å²) in [7, 11) is 2.04. The highest BCUT2D eigenvalue weighted by Gasteiger charge is 2.21. The van der Waals surface area contributed by atoms with Crippen LogP contribution in [0, 0.1) is 6.92 Å². The molecule has 104 valence electrons. The van der Waals surface area contributed by atoms with Gasteiger partial charge in [-0.15, -0.1) is 0 Å². The normalized spacial score (nSPS) is 16.0. The summed E-state index contributed by atoms with van der Waals surface area (Å²) in [5, 5.41) is 2.96. The third kappa shape index (κ3) is 4.05. The highest BCUT2D eigenvalue weighted by Crippen LogP contribution is 2.24. The second-order valence-electron chi connectivity index (χ2n) is 5.38. The summed E-state index contributed by atoms with van der Waals surface area (Å²) in [6, 6.07) is 6.52. The topological polar surface area (TPSA) is 32.3 Å². The second kappa shape index (κ2) is 6.53. The fourth-order valence-corrected chi connectivity index (χ4v) is 3.20. The lowest BCUT2D eigenvalue weighted by molar-refractivity contribution is -0.117. The maximum Gasteiger partial charge on any atom is 0.238 e. The Bertz CT molecular complexity index is 455. The van der Waals surface area contributed by atoms with Crippen molar-refractivity contribution in [2.75, 3.05) is 18.9 Å². The Morgan fingerprint density at radius 1 is 1.42 bits per heavy atom. The predicted octanol–water partition coefficient (Wildman–Crippen LogP) is 3.57. The zero-order chi connectivity index (χ0) is 13.8. The van der Waals surface area contributed by atoms with Gasteiger partial charge >= 0.3 is 0 Å². The van der Waals surface area contributed by atoms with E-state index in [0.717, 1.165) is 10.2 Å². The van der Waals surface area contributed by atoms with E-state index in [-0.39, 0.29) is 5.91 Å². The number of aryl methyl sites for hydroxylation is 1. The molecule has 1 fully saturated rings. The molecule has 0 aliphatic heterocycles. The van der Waals surface area contributed by atoms with Crippen molar-refractivity contribution in [1.29, 1.82) is 0 Å². The van der Waals surface area contributed by atoms with E-state index in [4.69, 9.17) is 0 Å². The van der Waals surface area contributed by atoms with Gasteiger partial charge in [0.25, 0.3) is 0 Å². The minimum Gasteiger partial charge on any atom is -0.324 e. The fraction of sp³-hybridized carbons (Fsp3) is 0.533. The van der Waals surface area contributed by atoms with Gasteiger partial charge in [-0.3, -0.25) is 9.69 Å². The summed E-state index contributed by atoms with van der Waals surface area (Å²) in [5.74, 6) is 0.0546. The molecule has 2 rings (SSSR count). The third-order valence-electron chi connectivity index (χ3n) is 3.74. The molecule has 3 nitrogen and oxygen atoms in total. The van der Waals surface area contributed by atoms with Gasteiger partial charge in [-0.25, -0.2) is 0 Å². The third-order valence-corrected chi connectivity index (χ3v) is 4.40. The number of rotatable bonds is 4. The van der Waals surface area contributed by atoms with Crippen LogP contribution in [-0.4, -0.2) is 30.4 Å². The van der Waals surface area contributed by atoms with E-state index >= 15 is 0 Å². The number of carbonyl (C=O) groups excluding carboxylic acids is 1. The highest BCUT2D eigenvalue weighted by atomic mass is 79.9. The number of benzene rings is 1. The van der Waals surface area contributed by atoms with Crippen LogP contribution in [0.4, 0.5) is 5.69 Å². The lowest BCUT2D eigenvalue weighted by Gasteiger charge is -2.23. The second-order valence-corrected chi connectivity index (χ2v) is 6.24. The molecule has 0 saturated heterocycles.